The van der Waals surface area contributed by atoms with Gasteiger partial charge in [-0.15, -0.1) is 0 Å². The minimum absolute atomic E-state index is 0.274. The molecule has 2 aromatic heterocycles. The fraction of sp³-hybridized carbons (Fsp3) is 0.214. The predicted octanol–water partition coefficient (Wildman–Crippen LogP) is 2.02. The molecule has 6 heteroatoms. The van der Waals surface area contributed by atoms with Gasteiger partial charge in [-0.3, -0.25) is 9.48 Å². The van der Waals surface area contributed by atoms with E-state index in [2.05, 4.69) is 35.2 Å². The molecular weight excluding hydrogens is 272 g/mol. The van der Waals surface area contributed by atoms with Gasteiger partial charge in [0.05, 0.1) is 10.2 Å². The number of rotatable bonds is 1. The zero-order chi connectivity index (χ0) is 14.3. The summed E-state index contributed by atoms with van der Waals surface area (Å²) in [5.41, 5.74) is 2.76. The van der Waals surface area contributed by atoms with E-state index >= 15 is 0 Å². The Hall–Kier alpha value is -2.21. The normalized spacial score (nSPS) is 12.2. The molecule has 0 aliphatic heterocycles. The SMILES string of the molecule is Cc1ccc2c(c1)sc(=NC(=O)c1ccnn1C)n2C. The van der Waals surface area contributed by atoms with E-state index < -0.39 is 0 Å². The van der Waals surface area contributed by atoms with Gasteiger partial charge in [0.15, 0.2) is 4.80 Å². The maximum absolute atomic E-state index is 12.2. The Balaban J connectivity index is 2.15. The summed E-state index contributed by atoms with van der Waals surface area (Å²) in [4.78, 5) is 17.1. The van der Waals surface area contributed by atoms with Gasteiger partial charge < -0.3 is 4.57 Å². The highest BCUT2D eigenvalue weighted by molar-refractivity contribution is 7.16. The van der Waals surface area contributed by atoms with E-state index in [0.717, 1.165) is 10.2 Å². The number of thiazole rings is 1. The average molecular weight is 286 g/mol. The first kappa shape index (κ1) is 12.8. The summed E-state index contributed by atoms with van der Waals surface area (Å²) in [6, 6.07) is 7.88. The topological polar surface area (TPSA) is 52.2 Å². The van der Waals surface area contributed by atoms with E-state index in [1.165, 1.54) is 21.6 Å². The van der Waals surface area contributed by atoms with E-state index in [0.29, 0.717) is 10.5 Å². The molecular formula is C14H14N4OS. The van der Waals surface area contributed by atoms with E-state index in [4.69, 9.17) is 0 Å². The average Bonchev–Trinajstić information content (AvgIpc) is 2.95. The summed E-state index contributed by atoms with van der Waals surface area (Å²) in [6.45, 7) is 2.05. The number of carbonyl (C=O) groups excluding carboxylic acids is 1. The molecule has 0 atom stereocenters. The maximum atomic E-state index is 12.2. The van der Waals surface area contributed by atoms with E-state index in [-0.39, 0.29) is 5.91 Å². The van der Waals surface area contributed by atoms with Gasteiger partial charge in [-0.2, -0.15) is 10.1 Å². The first-order chi connectivity index (χ1) is 9.56. The maximum Gasteiger partial charge on any atom is 0.297 e. The minimum atomic E-state index is -0.274. The number of aromatic nitrogens is 3. The van der Waals surface area contributed by atoms with Crippen molar-refractivity contribution in [3.63, 3.8) is 0 Å². The first-order valence-electron chi connectivity index (χ1n) is 6.19. The Kier molecular flexibility index (Phi) is 3.02. The van der Waals surface area contributed by atoms with Crippen LogP contribution in [-0.4, -0.2) is 20.3 Å². The Bertz CT molecular complexity index is 869. The van der Waals surface area contributed by atoms with Crippen LogP contribution < -0.4 is 4.80 Å². The second kappa shape index (κ2) is 4.72. The molecule has 1 amide bonds. The lowest BCUT2D eigenvalue weighted by atomic mass is 10.2. The van der Waals surface area contributed by atoms with E-state index in [9.17, 15) is 4.79 Å². The zero-order valence-electron chi connectivity index (χ0n) is 11.5. The molecule has 1 aromatic carbocycles. The Morgan fingerprint density at radius 2 is 2.10 bits per heavy atom. The lowest BCUT2D eigenvalue weighted by Crippen LogP contribution is -2.14. The van der Waals surface area contributed by atoms with Crippen molar-refractivity contribution in [3.05, 3.63) is 46.5 Å². The molecule has 102 valence electrons. The van der Waals surface area contributed by atoms with Crippen LogP contribution in [0.1, 0.15) is 16.1 Å². The van der Waals surface area contributed by atoms with Crippen LogP contribution in [0.3, 0.4) is 0 Å². The summed E-state index contributed by atoms with van der Waals surface area (Å²) in [6.07, 6.45) is 1.59. The molecule has 0 aliphatic rings. The number of fused-ring (bicyclic) bond motifs is 1. The van der Waals surface area contributed by atoms with Crippen LogP contribution in [-0.2, 0) is 14.1 Å². The van der Waals surface area contributed by atoms with Crippen LogP contribution in [0.2, 0.25) is 0 Å². The van der Waals surface area contributed by atoms with Crippen molar-refractivity contribution in [1.29, 1.82) is 0 Å². The molecule has 0 spiro atoms. The molecule has 0 bridgehead atoms. The van der Waals surface area contributed by atoms with Crippen molar-refractivity contribution in [2.75, 3.05) is 0 Å². The fourth-order valence-electron chi connectivity index (χ4n) is 2.08. The molecule has 3 rings (SSSR count). The summed E-state index contributed by atoms with van der Waals surface area (Å²) < 4.78 is 4.60. The van der Waals surface area contributed by atoms with Crippen molar-refractivity contribution in [2.24, 2.45) is 19.1 Å². The number of hydrogen-bond donors (Lipinski definition) is 0. The molecule has 5 nitrogen and oxygen atoms in total. The van der Waals surface area contributed by atoms with Crippen molar-refractivity contribution in [3.8, 4) is 0 Å². The van der Waals surface area contributed by atoms with E-state index in [1.54, 1.807) is 19.3 Å². The largest absolute Gasteiger partial charge is 0.319 e. The minimum Gasteiger partial charge on any atom is -0.319 e. The molecule has 0 fully saturated rings. The van der Waals surface area contributed by atoms with Gasteiger partial charge >= 0.3 is 0 Å². The Morgan fingerprint density at radius 1 is 1.30 bits per heavy atom. The van der Waals surface area contributed by atoms with Crippen LogP contribution in [0.4, 0.5) is 0 Å². The molecule has 0 saturated heterocycles. The number of aryl methyl sites for hydroxylation is 3. The Morgan fingerprint density at radius 3 is 2.80 bits per heavy atom. The molecule has 3 aromatic rings. The molecule has 20 heavy (non-hydrogen) atoms. The quantitative estimate of drug-likeness (QED) is 0.687. The van der Waals surface area contributed by atoms with Crippen LogP contribution >= 0.6 is 11.3 Å². The van der Waals surface area contributed by atoms with Gasteiger partial charge in [-0.05, 0) is 30.7 Å². The van der Waals surface area contributed by atoms with Crippen LogP contribution in [0, 0.1) is 6.92 Å². The van der Waals surface area contributed by atoms with Gasteiger partial charge in [0.1, 0.15) is 5.69 Å². The lowest BCUT2D eigenvalue weighted by Gasteiger charge is -1.97. The monoisotopic (exact) mass is 286 g/mol. The van der Waals surface area contributed by atoms with Crippen molar-refractivity contribution >= 4 is 27.5 Å². The van der Waals surface area contributed by atoms with Crippen LogP contribution in [0.5, 0.6) is 0 Å². The fourth-order valence-corrected chi connectivity index (χ4v) is 3.19. The number of nitrogens with zero attached hydrogens (tertiary/aromatic N) is 4. The van der Waals surface area contributed by atoms with Crippen molar-refractivity contribution in [2.45, 2.75) is 6.92 Å². The van der Waals surface area contributed by atoms with Crippen LogP contribution in [0.15, 0.2) is 35.5 Å². The number of carbonyl (C=O) groups is 1. The van der Waals surface area contributed by atoms with Gasteiger partial charge in [-0.1, -0.05) is 17.4 Å². The highest BCUT2D eigenvalue weighted by atomic mass is 32.1. The third-order valence-electron chi connectivity index (χ3n) is 3.20. The summed E-state index contributed by atoms with van der Waals surface area (Å²) in [5.74, 6) is -0.274. The third-order valence-corrected chi connectivity index (χ3v) is 4.30. The molecule has 0 N–H and O–H groups in total. The number of benzene rings is 1. The van der Waals surface area contributed by atoms with Crippen molar-refractivity contribution < 1.29 is 4.79 Å². The highest BCUT2D eigenvalue weighted by Gasteiger charge is 2.10. The third kappa shape index (κ3) is 2.08. The number of amides is 1. The molecule has 0 unspecified atom stereocenters. The lowest BCUT2D eigenvalue weighted by molar-refractivity contribution is 0.0989. The van der Waals surface area contributed by atoms with Gasteiger partial charge in [-0.25, -0.2) is 0 Å². The summed E-state index contributed by atoms with van der Waals surface area (Å²) in [7, 11) is 3.65. The molecule has 0 aliphatic carbocycles. The zero-order valence-corrected chi connectivity index (χ0v) is 12.3. The summed E-state index contributed by atoms with van der Waals surface area (Å²) >= 11 is 1.52. The molecule has 0 saturated carbocycles. The molecule has 2 heterocycles. The smallest absolute Gasteiger partial charge is 0.297 e. The van der Waals surface area contributed by atoms with Gasteiger partial charge in [0.25, 0.3) is 5.91 Å². The van der Waals surface area contributed by atoms with Crippen LogP contribution in [0.25, 0.3) is 10.2 Å². The Labute approximate surface area is 119 Å². The van der Waals surface area contributed by atoms with Crippen molar-refractivity contribution in [1.82, 2.24) is 14.3 Å². The van der Waals surface area contributed by atoms with Gasteiger partial charge in [0.2, 0.25) is 0 Å². The highest BCUT2D eigenvalue weighted by Crippen LogP contribution is 2.17. The second-order valence-electron chi connectivity index (χ2n) is 4.67. The predicted molar refractivity (Wildman–Crippen MR) is 78.6 cm³/mol. The second-order valence-corrected chi connectivity index (χ2v) is 5.68. The first-order valence-corrected chi connectivity index (χ1v) is 7.01. The van der Waals surface area contributed by atoms with Gasteiger partial charge in [0, 0.05) is 20.3 Å². The molecule has 0 radical (unpaired) electrons. The van der Waals surface area contributed by atoms with E-state index in [1.807, 2.05) is 11.6 Å². The number of hydrogen-bond acceptors (Lipinski definition) is 3. The summed E-state index contributed by atoms with van der Waals surface area (Å²) in [5, 5.41) is 3.99. The standard InChI is InChI=1S/C14H14N4OS/c1-9-4-5-10-12(8-9)20-14(17(10)2)16-13(19)11-6-7-15-18(11)3/h4-8H,1-3H3.